The number of hydrogen-bond donors (Lipinski definition) is 0. The summed E-state index contributed by atoms with van der Waals surface area (Å²) in [4.78, 5) is 3.84. The van der Waals surface area contributed by atoms with Crippen molar-refractivity contribution in [3.8, 4) is 0 Å². The molecule has 3 heteroatoms. The predicted molar refractivity (Wildman–Crippen MR) is 35.6 cm³/mol. The van der Waals surface area contributed by atoms with Crippen LogP contribution in [-0.4, -0.2) is 10.5 Å². The summed E-state index contributed by atoms with van der Waals surface area (Å²) in [5, 5.41) is 0. The van der Waals surface area contributed by atoms with Crippen LogP contribution in [0.3, 0.4) is 0 Å². The quantitative estimate of drug-likeness (QED) is 0.581. The molecule has 0 fully saturated rings. The van der Waals surface area contributed by atoms with Crippen LogP contribution < -0.4 is 0 Å². The zero-order valence-electron chi connectivity index (χ0n) is 4.13. The first-order chi connectivity index (χ1) is 3.39. The van der Waals surface area contributed by atoms with E-state index >= 15 is 0 Å². The highest BCUT2D eigenvalue weighted by Gasteiger charge is 1.75. The smallest absolute Gasteiger partial charge is 0.0410 e. The Morgan fingerprint density at radius 1 is 1.50 bits per heavy atom. The Morgan fingerprint density at radius 3 is 2.50 bits per heavy atom. The van der Waals surface area contributed by atoms with Crippen LogP contribution in [0.25, 0.3) is 0 Å². The molecule has 0 spiro atoms. The van der Waals surface area contributed by atoms with Gasteiger partial charge in [-0.3, -0.25) is 4.98 Å². The van der Waals surface area contributed by atoms with Gasteiger partial charge in [0.2, 0.25) is 0 Å². The Balaban J connectivity index is 0.000000490. The van der Waals surface area contributed by atoms with Gasteiger partial charge in [0.05, 0.1) is 0 Å². The number of halogens is 1. The van der Waals surface area contributed by atoms with Gasteiger partial charge in [-0.05, 0) is 28.1 Å². The van der Waals surface area contributed by atoms with Crippen molar-refractivity contribution in [3.05, 3.63) is 29.0 Å². The molecule has 0 aliphatic rings. The molecular weight excluding hydrogens is 170 g/mol. The van der Waals surface area contributed by atoms with Gasteiger partial charge < -0.3 is 5.48 Å². The topological polar surface area (TPSA) is 44.4 Å². The van der Waals surface area contributed by atoms with Crippen molar-refractivity contribution in [2.75, 3.05) is 0 Å². The second-order valence-corrected chi connectivity index (χ2v) is 2.09. The lowest BCUT2D eigenvalue weighted by Gasteiger charge is -1.80. The minimum atomic E-state index is 0. The summed E-state index contributed by atoms with van der Waals surface area (Å²) >= 11 is 3.25. The zero-order chi connectivity index (χ0) is 5.11. The fourth-order valence-electron chi connectivity index (χ4n) is 0.342. The van der Waals surface area contributed by atoms with E-state index in [1.54, 1.807) is 12.4 Å². The van der Waals surface area contributed by atoms with E-state index < -0.39 is 0 Å². The molecule has 0 radical (unpaired) electrons. The van der Waals surface area contributed by atoms with E-state index in [1.807, 2.05) is 12.1 Å². The monoisotopic (exact) mass is 175 g/mol. The molecule has 0 unspecified atom stereocenters. The van der Waals surface area contributed by atoms with Crippen LogP contribution >= 0.6 is 15.9 Å². The normalized spacial score (nSPS) is 7.62. The Kier molecular flexibility index (Phi) is 3.39. The van der Waals surface area contributed by atoms with Crippen LogP contribution in [-0.2, 0) is 0 Å². The van der Waals surface area contributed by atoms with Crippen molar-refractivity contribution in [1.82, 2.24) is 4.98 Å². The molecular formula is C5H6BrNO. The highest BCUT2D eigenvalue weighted by atomic mass is 79.9. The molecule has 1 aromatic rings. The third-order valence-corrected chi connectivity index (χ3v) is 1.09. The second-order valence-electron chi connectivity index (χ2n) is 1.17. The first-order valence-electron chi connectivity index (χ1n) is 1.95. The lowest BCUT2D eigenvalue weighted by molar-refractivity contribution is 0.824. The summed E-state index contributed by atoms with van der Waals surface area (Å²) < 4.78 is 1.02. The van der Waals surface area contributed by atoms with Crippen molar-refractivity contribution < 1.29 is 5.48 Å². The van der Waals surface area contributed by atoms with Gasteiger partial charge in [-0.2, -0.15) is 0 Å². The fraction of sp³-hybridized carbons (Fsp3) is 0. The molecule has 0 bridgehead atoms. The molecule has 0 aliphatic heterocycles. The Hall–Kier alpha value is -0.410. The SMILES string of the molecule is Brc1cccnc1.O. The van der Waals surface area contributed by atoms with Gasteiger partial charge in [0.1, 0.15) is 0 Å². The number of nitrogens with zero attached hydrogens (tertiary/aromatic N) is 1. The molecule has 1 heterocycles. The number of aromatic nitrogens is 1. The van der Waals surface area contributed by atoms with Crippen LogP contribution in [0.15, 0.2) is 29.0 Å². The lowest BCUT2D eigenvalue weighted by atomic mass is 10.5. The van der Waals surface area contributed by atoms with Gasteiger partial charge in [0.25, 0.3) is 0 Å². The van der Waals surface area contributed by atoms with E-state index in [0.29, 0.717) is 0 Å². The Bertz CT molecular complexity index is 142. The van der Waals surface area contributed by atoms with Crippen LogP contribution in [0.5, 0.6) is 0 Å². The summed E-state index contributed by atoms with van der Waals surface area (Å²) in [6, 6.07) is 3.82. The van der Waals surface area contributed by atoms with E-state index in [-0.39, 0.29) is 5.48 Å². The van der Waals surface area contributed by atoms with E-state index in [0.717, 1.165) is 4.47 Å². The summed E-state index contributed by atoms with van der Waals surface area (Å²) in [5.74, 6) is 0. The molecule has 0 amide bonds. The average Bonchev–Trinajstić information content (AvgIpc) is 1.69. The van der Waals surface area contributed by atoms with Crippen molar-refractivity contribution in [3.63, 3.8) is 0 Å². The molecule has 0 atom stereocenters. The number of rotatable bonds is 0. The summed E-state index contributed by atoms with van der Waals surface area (Å²) in [6.07, 6.45) is 3.49. The standard InChI is InChI=1S/C5H4BrN.H2O/c6-5-2-1-3-7-4-5;/h1-4H;1H2. The molecule has 1 rings (SSSR count). The molecule has 2 N–H and O–H groups in total. The minimum absolute atomic E-state index is 0. The van der Waals surface area contributed by atoms with Crippen molar-refractivity contribution in [1.29, 1.82) is 0 Å². The van der Waals surface area contributed by atoms with Gasteiger partial charge in [-0.15, -0.1) is 0 Å². The van der Waals surface area contributed by atoms with Gasteiger partial charge in [0.15, 0.2) is 0 Å². The highest BCUT2D eigenvalue weighted by Crippen LogP contribution is 2.02. The third kappa shape index (κ3) is 2.04. The highest BCUT2D eigenvalue weighted by molar-refractivity contribution is 9.10. The molecule has 1 aromatic heterocycles. The third-order valence-electron chi connectivity index (χ3n) is 0.625. The maximum Gasteiger partial charge on any atom is 0.0410 e. The van der Waals surface area contributed by atoms with Crippen LogP contribution in [0.1, 0.15) is 0 Å². The molecule has 8 heavy (non-hydrogen) atoms. The maximum atomic E-state index is 3.84. The van der Waals surface area contributed by atoms with Gasteiger partial charge >= 0.3 is 0 Å². The zero-order valence-corrected chi connectivity index (χ0v) is 5.72. The van der Waals surface area contributed by atoms with Gasteiger partial charge in [0, 0.05) is 16.9 Å². The summed E-state index contributed by atoms with van der Waals surface area (Å²) in [6.45, 7) is 0. The number of hydrogen-bond acceptors (Lipinski definition) is 1. The van der Waals surface area contributed by atoms with Gasteiger partial charge in [-0.25, -0.2) is 0 Å². The largest absolute Gasteiger partial charge is 0.412 e. The number of pyridine rings is 1. The van der Waals surface area contributed by atoms with Crippen LogP contribution in [0.2, 0.25) is 0 Å². The van der Waals surface area contributed by atoms with Crippen molar-refractivity contribution >= 4 is 15.9 Å². The lowest BCUT2D eigenvalue weighted by Crippen LogP contribution is -1.64. The first kappa shape index (κ1) is 7.59. The predicted octanol–water partition coefficient (Wildman–Crippen LogP) is 1.02. The summed E-state index contributed by atoms with van der Waals surface area (Å²) in [5.41, 5.74) is 0. The van der Waals surface area contributed by atoms with E-state index in [9.17, 15) is 0 Å². The maximum absolute atomic E-state index is 3.84. The van der Waals surface area contributed by atoms with Gasteiger partial charge in [-0.1, -0.05) is 0 Å². The molecule has 2 nitrogen and oxygen atoms in total. The molecule has 0 aliphatic carbocycles. The fourth-order valence-corrected chi connectivity index (χ4v) is 0.613. The molecule has 0 saturated heterocycles. The molecule has 0 saturated carbocycles. The van der Waals surface area contributed by atoms with E-state index in [1.165, 1.54) is 0 Å². The van der Waals surface area contributed by atoms with Crippen LogP contribution in [0.4, 0.5) is 0 Å². The van der Waals surface area contributed by atoms with Crippen molar-refractivity contribution in [2.45, 2.75) is 0 Å². The Labute approximate surface area is 56.0 Å². The molecule has 44 valence electrons. The molecule has 0 aromatic carbocycles. The van der Waals surface area contributed by atoms with E-state index in [4.69, 9.17) is 0 Å². The average molecular weight is 176 g/mol. The van der Waals surface area contributed by atoms with Crippen molar-refractivity contribution in [2.24, 2.45) is 0 Å². The Morgan fingerprint density at radius 2 is 2.25 bits per heavy atom. The summed E-state index contributed by atoms with van der Waals surface area (Å²) in [7, 11) is 0. The first-order valence-corrected chi connectivity index (χ1v) is 2.74. The second kappa shape index (κ2) is 3.57. The van der Waals surface area contributed by atoms with Crippen LogP contribution in [0, 0.1) is 0 Å². The van der Waals surface area contributed by atoms with E-state index in [2.05, 4.69) is 20.9 Å². The minimum Gasteiger partial charge on any atom is -0.412 e.